The molecule has 1 rings (SSSR count). The number of anilines is 2. The smallest absolute Gasteiger partial charge is 0.151 e. The summed E-state index contributed by atoms with van der Waals surface area (Å²) in [6.45, 7) is 4.01. The van der Waals surface area contributed by atoms with Gasteiger partial charge >= 0.3 is 0 Å². The number of nitrogen functional groups attached to an aromatic ring is 1. The molecule has 0 bridgehead atoms. The summed E-state index contributed by atoms with van der Waals surface area (Å²) in [5.41, 5.74) is 3.41. The lowest BCUT2D eigenvalue weighted by molar-refractivity contribution is 0.597. The fourth-order valence-electron chi connectivity index (χ4n) is 1.65. The van der Waals surface area contributed by atoms with E-state index in [1.807, 2.05) is 6.92 Å². The van der Waals surface area contributed by atoms with Gasteiger partial charge in [-0.25, -0.2) is 24.2 Å². The van der Waals surface area contributed by atoms with Gasteiger partial charge in [0.1, 0.15) is 18.0 Å². The summed E-state index contributed by atoms with van der Waals surface area (Å²) < 4.78 is 22.8. The molecule has 0 aliphatic rings. The van der Waals surface area contributed by atoms with Gasteiger partial charge in [0, 0.05) is 17.9 Å². The highest BCUT2D eigenvalue weighted by atomic mass is 32.2. The van der Waals surface area contributed by atoms with Gasteiger partial charge in [-0.2, -0.15) is 0 Å². The Morgan fingerprint density at radius 3 is 2.53 bits per heavy atom. The topological polar surface area (TPSA) is 110 Å². The number of nitrogens with one attached hydrogen (secondary N) is 2. The van der Waals surface area contributed by atoms with Crippen LogP contribution >= 0.6 is 0 Å². The molecule has 0 saturated carbocycles. The first-order valence-corrected chi connectivity index (χ1v) is 8.11. The minimum absolute atomic E-state index is 0.0878. The minimum atomic E-state index is -2.98. The van der Waals surface area contributed by atoms with Crippen LogP contribution in [0.4, 0.5) is 11.6 Å². The van der Waals surface area contributed by atoms with Crippen LogP contribution in [0.25, 0.3) is 0 Å². The SMILES string of the molecule is CCCc1c(NN)ncnc1NCCS(=O)(=O)CC. The van der Waals surface area contributed by atoms with Crippen molar-refractivity contribution in [2.24, 2.45) is 5.84 Å². The molecule has 0 saturated heterocycles. The van der Waals surface area contributed by atoms with Crippen molar-refractivity contribution in [3.63, 3.8) is 0 Å². The molecule has 8 heteroatoms. The molecule has 0 fully saturated rings. The Kier molecular flexibility index (Phi) is 5.97. The lowest BCUT2D eigenvalue weighted by Crippen LogP contribution is -2.19. The normalized spacial score (nSPS) is 11.3. The van der Waals surface area contributed by atoms with Gasteiger partial charge in [0.25, 0.3) is 0 Å². The Labute approximate surface area is 113 Å². The van der Waals surface area contributed by atoms with E-state index >= 15 is 0 Å². The third kappa shape index (κ3) is 4.64. The van der Waals surface area contributed by atoms with Gasteiger partial charge in [0.05, 0.1) is 5.75 Å². The molecule has 108 valence electrons. The maximum absolute atomic E-state index is 11.4. The van der Waals surface area contributed by atoms with E-state index in [2.05, 4.69) is 20.7 Å². The van der Waals surface area contributed by atoms with E-state index in [4.69, 9.17) is 5.84 Å². The zero-order valence-corrected chi connectivity index (χ0v) is 12.1. The lowest BCUT2D eigenvalue weighted by atomic mass is 10.1. The number of hydrogen-bond acceptors (Lipinski definition) is 7. The van der Waals surface area contributed by atoms with Crippen molar-refractivity contribution in [1.82, 2.24) is 9.97 Å². The van der Waals surface area contributed by atoms with E-state index < -0.39 is 9.84 Å². The minimum Gasteiger partial charge on any atom is -0.369 e. The van der Waals surface area contributed by atoms with Crippen LogP contribution in [0.3, 0.4) is 0 Å². The van der Waals surface area contributed by atoms with Crippen LogP contribution in [-0.2, 0) is 16.3 Å². The highest BCUT2D eigenvalue weighted by Gasteiger charge is 2.11. The molecule has 0 aromatic carbocycles. The third-order valence-electron chi connectivity index (χ3n) is 2.73. The Hall–Kier alpha value is -1.41. The Balaban J connectivity index is 2.77. The zero-order valence-electron chi connectivity index (χ0n) is 11.3. The van der Waals surface area contributed by atoms with Gasteiger partial charge in [0.2, 0.25) is 0 Å². The summed E-state index contributed by atoms with van der Waals surface area (Å²) >= 11 is 0. The van der Waals surface area contributed by atoms with Crippen molar-refractivity contribution in [3.8, 4) is 0 Å². The molecule has 0 amide bonds. The fraction of sp³-hybridized carbons (Fsp3) is 0.636. The monoisotopic (exact) mass is 287 g/mol. The molecular formula is C11H21N5O2S. The summed E-state index contributed by atoms with van der Waals surface area (Å²) in [7, 11) is -2.98. The molecule has 1 heterocycles. The summed E-state index contributed by atoms with van der Waals surface area (Å²) in [5.74, 6) is 6.84. The predicted octanol–water partition coefficient (Wildman–Crippen LogP) is 0.561. The number of aromatic nitrogens is 2. The molecular weight excluding hydrogens is 266 g/mol. The van der Waals surface area contributed by atoms with Gasteiger partial charge in [-0.1, -0.05) is 20.3 Å². The second-order valence-corrected chi connectivity index (χ2v) is 6.58. The standard InChI is InChI=1S/C11H21N5O2S/c1-3-5-9-10(14-8-15-11(9)16-12)13-6-7-19(17,18)4-2/h8H,3-7,12H2,1-2H3,(H2,13,14,15,16). The number of hydrogen-bond donors (Lipinski definition) is 3. The first-order chi connectivity index (χ1) is 9.04. The summed E-state index contributed by atoms with van der Waals surface area (Å²) in [4.78, 5) is 8.18. The van der Waals surface area contributed by atoms with Crippen molar-refractivity contribution >= 4 is 21.5 Å². The van der Waals surface area contributed by atoms with E-state index in [1.165, 1.54) is 6.33 Å². The predicted molar refractivity (Wildman–Crippen MR) is 76.7 cm³/mol. The van der Waals surface area contributed by atoms with E-state index in [0.29, 0.717) is 18.2 Å². The van der Waals surface area contributed by atoms with Gasteiger partial charge in [-0.05, 0) is 6.42 Å². The van der Waals surface area contributed by atoms with Crippen molar-refractivity contribution in [1.29, 1.82) is 0 Å². The maximum atomic E-state index is 11.4. The maximum Gasteiger partial charge on any atom is 0.151 e. The molecule has 19 heavy (non-hydrogen) atoms. The quantitative estimate of drug-likeness (QED) is 0.473. The Morgan fingerprint density at radius 1 is 1.26 bits per heavy atom. The van der Waals surface area contributed by atoms with Crippen LogP contribution in [0.5, 0.6) is 0 Å². The van der Waals surface area contributed by atoms with Crippen LogP contribution in [0.2, 0.25) is 0 Å². The average Bonchev–Trinajstić information content (AvgIpc) is 2.40. The number of rotatable bonds is 8. The number of sulfone groups is 1. The molecule has 0 aliphatic carbocycles. The van der Waals surface area contributed by atoms with E-state index in [1.54, 1.807) is 6.92 Å². The zero-order chi connectivity index (χ0) is 14.3. The summed E-state index contributed by atoms with van der Waals surface area (Å²) in [6, 6.07) is 0. The summed E-state index contributed by atoms with van der Waals surface area (Å²) in [6.07, 6.45) is 3.08. The number of hydrazine groups is 1. The third-order valence-corrected chi connectivity index (χ3v) is 4.43. The van der Waals surface area contributed by atoms with Crippen LogP contribution in [0.15, 0.2) is 6.33 Å². The lowest BCUT2D eigenvalue weighted by Gasteiger charge is -2.13. The largest absolute Gasteiger partial charge is 0.369 e. The van der Waals surface area contributed by atoms with E-state index in [9.17, 15) is 8.42 Å². The molecule has 1 aromatic rings. The van der Waals surface area contributed by atoms with Crippen molar-refractivity contribution in [3.05, 3.63) is 11.9 Å². The van der Waals surface area contributed by atoms with Crippen molar-refractivity contribution in [2.45, 2.75) is 26.7 Å². The second kappa shape index (κ2) is 7.25. The molecule has 7 nitrogen and oxygen atoms in total. The van der Waals surface area contributed by atoms with Crippen LogP contribution in [0.1, 0.15) is 25.8 Å². The van der Waals surface area contributed by atoms with Crippen LogP contribution < -0.4 is 16.6 Å². The van der Waals surface area contributed by atoms with E-state index in [-0.39, 0.29) is 11.5 Å². The van der Waals surface area contributed by atoms with Gasteiger partial charge in [-0.3, -0.25) is 0 Å². The van der Waals surface area contributed by atoms with Crippen molar-refractivity contribution < 1.29 is 8.42 Å². The van der Waals surface area contributed by atoms with Gasteiger partial charge in [0.15, 0.2) is 9.84 Å². The molecule has 0 radical (unpaired) electrons. The Morgan fingerprint density at radius 2 is 1.95 bits per heavy atom. The summed E-state index contributed by atoms with van der Waals surface area (Å²) in [5, 5.41) is 3.04. The van der Waals surface area contributed by atoms with Crippen molar-refractivity contribution in [2.75, 3.05) is 28.8 Å². The van der Waals surface area contributed by atoms with Gasteiger partial charge in [-0.15, -0.1) is 0 Å². The first-order valence-electron chi connectivity index (χ1n) is 6.28. The van der Waals surface area contributed by atoms with Crippen LogP contribution in [0, 0.1) is 0 Å². The Bertz CT molecular complexity index is 504. The highest BCUT2D eigenvalue weighted by molar-refractivity contribution is 7.91. The highest BCUT2D eigenvalue weighted by Crippen LogP contribution is 2.20. The van der Waals surface area contributed by atoms with E-state index in [0.717, 1.165) is 18.4 Å². The number of nitrogens with zero attached hydrogens (tertiary/aromatic N) is 2. The second-order valence-electron chi connectivity index (χ2n) is 4.11. The van der Waals surface area contributed by atoms with Gasteiger partial charge < -0.3 is 10.7 Å². The van der Waals surface area contributed by atoms with Crippen LogP contribution in [-0.4, -0.2) is 36.4 Å². The molecule has 4 N–H and O–H groups in total. The molecule has 0 atom stereocenters. The fourth-order valence-corrected chi connectivity index (χ4v) is 2.35. The molecule has 0 unspecified atom stereocenters. The molecule has 0 spiro atoms. The first kappa shape index (κ1) is 15.6. The molecule has 0 aliphatic heterocycles. The molecule has 1 aromatic heterocycles. The average molecular weight is 287 g/mol. The number of nitrogens with two attached hydrogens (primary N) is 1.